The lowest BCUT2D eigenvalue weighted by atomic mass is 9.75. The van der Waals surface area contributed by atoms with Crippen LogP contribution in [0.5, 0.6) is 0 Å². The quantitative estimate of drug-likeness (QED) is 0.767. The first-order valence-corrected chi connectivity index (χ1v) is 8.86. The van der Waals surface area contributed by atoms with Gasteiger partial charge in [0.15, 0.2) is 5.78 Å². The van der Waals surface area contributed by atoms with E-state index in [9.17, 15) is 14.4 Å². The third kappa shape index (κ3) is 3.31. The van der Waals surface area contributed by atoms with E-state index in [4.69, 9.17) is 16.3 Å². The van der Waals surface area contributed by atoms with Gasteiger partial charge in [0.05, 0.1) is 6.61 Å². The number of Topliss-reactive ketones (excluding diaryl/α,β-unsaturated/α-hetero) is 1. The first-order chi connectivity index (χ1) is 12.2. The number of hydrogen-bond donors (Lipinski definition) is 0. The number of ether oxygens (including phenoxy) is 1. The van der Waals surface area contributed by atoms with Crippen LogP contribution >= 0.6 is 11.6 Å². The molecule has 0 N–H and O–H groups in total. The summed E-state index contributed by atoms with van der Waals surface area (Å²) in [6.45, 7) is 5.80. The average molecular weight is 374 g/mol. The van der Waals surface area contributed by atoms with Crippen LogP contribution in [0.4, 0.5) is 0 Å². The van der Waals surface area contributed by atoms with Crippen LogP contribution < -0.4 is 5.56 Å². The SMILES string of the molecule is CCOC(=O)c1cc2c(n(-c3ccc(Cl)cc3)c1=O)CC(C)(C)CC2=O. The Morgan fingerprint density at radius 3 is 2.46 bits per heavy atom. The Labute approximate surface area is 156 Å². The molecule has 136 valence electrons. The Bertz CT molecular complexity index is 942. The van der Waals surface area contributed by atoms with Gasteiger partial charge in [-0.25, -0.2) is 4.79 Å². The summed E-state index contributed by atoms with van der Waals surface area (Å²) in [6, 6.07) is 8.13. The molecule has 1 aromatic heterocycles. The van der Waals surface area contributed by atoms with Gasteiger partial charge in [-0.15, -0.1) is 0 Å². The maximum Gasteiger partial charge on any atom is 0.343 e. The predicted molar refractivity (Wildman–Crippen MR) is 99.4 cm³/mol. The lowest BCUT2D eigenvalue weighted by Crippen LogP contribution is -2.36. The number of esters is 1. The maximum absolute atomic E-state index is 13.1. The van der Waals surface area contributed by atoms with Gasteiger partial charge in [0.2, 0.25) is 0 Å². The van der Waals surface area contributed by atoms with E-state index in [1.54, 1.807) is 31.2 Å². The Morgan fingerprint density at radius 2 is 1.85 bits per heavy atom. The van der Waals surface area contributed by atoms with Gasteiger partial charge < -0.3 is 4.74 Å². The van der Waals surface area contributed by atoms with Crippen molar-refractivity contribution in [2.45, 2.75) is 33.6 Å². The van der Waals surface area contributed by atoms with E-state index < -0.39 is 11.5 Å². The summed E-state index contributed by atoms with van der Waals surface area (Å²) in [4.78, 5) is 38.0. The molecule has 0 spiro atoms. The highest BCUT2D eigenvalue weighted by Gasteiger charge is 2.35. The molecule has 0 saturated carbocycles. The van der Waals surface area contributed by atoms with Crippen molar-refractivity contribution in [1.82, 2.24) is 4.57 Å². The number of benzene rings is 1. The van der Waals surface area contributed by atoms with Crippen LogP contribution in [0.2, 0.25) is 5.02 Å². The number of rotatable bonds is 3. The average Bonchev–Trinajstić information content (AvgIpc) is 2.55. The molecule has 0 radical (unpaired) electrons. The zero-order chi connectivity index (χ0) is 19.1. The van der Waals surface area contributed by atoms with Gasteiger partial charge >= 0.3 is 5.97 Å². The molecule has 6 heteroatoms. The van der Waals surface area contributed by atoms with Crippen molar-refractivity contribution >= 4 is 23.4 Å². The number of halogens is 1. The fourth-order valence-corrected chi connectivity index (χ4v) is 3.46. The smallest absolute Gasteiger partial charge is 0.343 e. The fraction of sp³-hybridized carbons (Fsp3) is 0.350. The van der Waals surface area contributed by atoms with Gasteiger partial charge in [0.1, 0.15) is 5.56 Å². The van der Waals surface area contributed by atoms with E-state index in [2.05, 4.69) is 0 Å². The van der Waals surface area contributed by atoms with E-state index in [-0.39, 0.29) is 23.4 Å². The molecule has 3 rings (SSSR count). The molecule has 2 aromatic rings. The van der Waals surface area contributed by atoms with E-state index in [0.717, 1.165) is 0 Å². The number of carbonyl (C=O) groups excluding carboxylic acids is 2. The summed E-state index contributed by atoms with van der Waals surface area (Å²) in [7, 11) is 0. The molecule has 5 nitrogen and oxygen atoms in total. The van der Waals surface area contributed by atoms with Gasteiger partial charge in [-0.05, 0) is 49.1 Å². The van der Waals surface area contributed by atoms with Crippen molar-refractivity contribution < 1.29 is 14.3 Å². The van der Waals surface area contributed by atoms with Crippen LogP contribution in [-0.4, -0.2) is 22.9 Å². The number of fused-ring (bicyclic) bond motifs is 1. The van der Waals surface area contributed by atoms with Crippen molar-refractivity contribution in [2.24, 2.45) is 5.41 Å². The highest BCUT2D eigenvalue weighted by Crippen LogP contribution is 2.35. The molecule has 0 atom stereocenters. The molecule has 26 heavy (non-hydrogen) atoms. The Balaban J connectivity index is 2.32. The molecular formula is C20H20ClNO4. The Kier molecular flexibility index (Phi) is 4.76. The maximum atomic E-state index is 13.1. The topological polar surface area (TPSA) is 65.4 Å². The second-order valence-electron chi connectivity index (χ2n) is 7.20. The minimum absolute atomic E-state index is 0.0792. The Hall–Kier alpha value is -2.40. The Morgan fingerprint density at radius 1 is 1.19 bits per heavy atom. The molecule has 1 aromatic carbocycles. The minimum Gasteiger partial charge on any atom is -0.462 e. The second-order valence-corrected chi connectivity index (χ2v) is 7.63. The van der Waals surface area contributed by atoms with Crippen LogP contribution in [0, 0.1) is 5.41 Å². The molecule has 1 heterocycles. The first-order valence-electron chi connectivity index (χ1n) is 8.49. The van der Waals surface area contributed by atoms with Crippen molar-refractivity contribution in [1.29, 1.82) is 0 Å². The van der Waals surface area contributed by atoms with Crippen LogP contribution in [0.3, 0.4) is 0 Å². The number of hydrogen-bond acceptors (Lipinski definition) is 4. The van der Waals surface area contributed by atoms with E-state index in [0.29, 0.717) is 34.8 Å². The summed E-state index contributed by atoms with van der Waals surface area (Å²) in [5, 5.41) is 0.536. The number of pyridine rings is 1. The molecule has 0 aliphatic heterocycles. The lowest BCUT2D eigenvalue weighted by molar-refractivity contribution is 0.0523. The third-order valence-electron chi connectivity index (χ3n) is 4.47. The second kappa shape index (κ2) is 6.72. The highest BCUT2D eigenvalue weighted by molar-refractivity contribution is 6.30. The standard InChI is InChI=1S/C20H20ClNO4/c1-4-26-19(25)15-9-14-16(10-20(2,3)11-17(14)23)22(18(15)24)13-7-5-12(21)6-8-13/h5-9H,4,10-11H2,1-3H3. The zero-order valence-corrected chi connectivity index (χ0v) is 15.7. The molecule has 0 saturated heterocycles. The number of carbonyl (C=O) groups is 2. The molecule has 0 unspecified atom stereocenters. The summed E-state index contributed by atoms with van der Waals surface area (Å²) in [5.41, 5.74) is 0.695. The number of ketones is 1. The van der Waals surface area contributed by atoms with Crippen molar-refractivity contribution in [3.05, 3.63) is 62.5 Å². The van der Waals surface area contributed by atoms with Crippen LogP contribution in [0.1, 0.15) is 53.6 Å². The van der Waals surface area contributed by atoms with Crippen molar-refractivity contribution in [2.75, 3.05) is 6.61 Å². The molecule has 0 amide bonds. The van der Waals surface area contributed by atoms with Crippen LogP contribution in [0.25, 0.3) is 5.69 Å². The van der Waals surface area contributed by atoms with Gasteiger partial charge in [-0.1, -0.05) is 25.4 Å². The number of aromatic nitrogens is 1. The van der Waals surface area contributed by atoms with Gasteiger partial charge in [-0.2, -0.15) is 0 Å². The zero-order valence-electron chi connectivity index (χ0n) is 15.0. The molecular weight excluding hydrogens is 354 g/mol. The van der Waals surface area contributed by atoms with Crippen LogP contribution in [-0.2, 0) is 11.2 Å². The monoisotopic (exact) mass is 373 g/mol. The molecule has 0 fully saturated rings. The van der Waals surface area contributed by atoms with Gasteiger partial charge in [0.25, 0.3) is 5.56 Å². The first kappa shape index (κ1) is 18.4. The fourth-order valence-electron chi connectivity index (χ4n) is 3.33. The largest absolute Gasteiger partial charge is 0.462 e. The highest BCUT2D eigenvalue weighted by atomic mass is 35.5. The van der Waals surface area contributed by atoms with E-state index >= 15 is 0 Å². The minimum atomic E-state index is -0.722. The van der Waals surface area contributed by atoms with E-state index in [1.807, 2.05) is 13.8 Å². The van der Waals surface area contributed by atoms with Gasteiger partial charge in [-0.3, -0.25) is 14.2 Å². The van der Waals surface area contributed by atoms with Crippen molar-refractivity contribution in [3.8, 4) is 5.69 Å². The molecule has 0 bridgehead atoms. The summed E-state index contributed by atoms with van der Waals surface area (Å²) in [6.07, 6.45) is 0.913. The summed E-state index contributed by atoms with van der Waals surface area (Å²) in [5.74, 6) is -0.801. The summed E-state index contributed by atoms with van der Waals surface area (Å²) >= 11 is 5.96. The predicted octanol–water partition coefficient (Wildman–Crippen LogP) is 3.82. The summed E-state index contributed by atoms with van der Waals surface area (Å²) < 4.78 is 6.44. The van der Waals surface area contributed by atoms with Gasteiger partial charge in [0, 0.05) is 28.4 Å². The van der Waals surface area contributed by atoms with E-state index in [1.165, 1.54) is 10.6 Å². The van der Waals surface area contributed by atoms with Crippen molar-refractivity contribution in [3.63, 3.8) is 0 Å². The molecule has 1 aliphatic rings. The molecule has 1 aliphatic carbocycles. The van der Waals surface area contributed by atoms with Crippen LogP contribution in [0.15, 0.2) is 35.1 Å². The lowest BCUT2D eigenvalue weighted by Gasteiger charge is -2.32. The normalized spacial score (nSPS) is 15.5. The third-order valence-corrected chi connectivity index (χ3v) is 4.72. The number of nitrogens with zero attached hydrogens (tertiary/aromatic N) is 1.